The number of aromatic amines is 1. The van der Waals surface area contributed by atoms with Gasteiger partial charge in [0.2, 0.25) is 0 Å². The third kappa shape index (κ3) is 5.19. The molecule has 0 aliphatic heterocycles. The molecule has 0 fully saturated rings. The van der Waals surface area contributed by atoms with Gasteiger partial charge in [-0.1, -0.05) is 73.5 Å². The van der Waals surface area contributed by atoms with Gasteiger partial charge in [-0.05, 0) is 53.8 Å². The summed E-state index contributed by atoms with van der Waals surface area (Å²) >= 11 is 0. The molecule has 33 heavy (non-hydrogen) atoms. The van der Waals surface area contributed by atoms with Crippen molar-refractivity contribution in [3.8, 4) is 22.5 Å². The Kier molecular flexibility index (Phi) is 6.98. The summed E-state index contributed by atoms with van der Waals surface area (Å²) in [6.07, 6.45) is 7.18. The van der Waals surface area contributed by atoms with Crippen LogP contribution in [-0.2, 0) is 19.5 Å². The molecule has 0 amide bonds. The summed E-state index contributed by atoms with van der Waals surface area (Å²) in [6.45, 7) is 7.46. The predicted octanol–water partition coefficient (Wildman–Crippen LogP) is 4.85. The fourth-order valence-electron chi connectivity index (χ4n) is 3.91. The largest absolute Gasteiger partial charge is 0.328 e. The number of unbranched alkanes of at least 4 members (excludes halogenated alkanes) is 1. The lowest BCUT2D eigenvalue weighted by molar-refractivity contribution is 0.658. The van der Waals surface area contributed by atoms with Crippen molar-refractivity contribution in [3.63, 3.8) is 0 Å². The second-order valence-corrected chi connectivity index (χ2v) is 8.52. The van der Waals surface area contributed by atoms with Crippen molar-refractivity contribution in [1.29, 1.82) is 0 Å². The van der Waals surface area contributed by atoms with Gasteiger partial charge in [0.05, 0.1) is 6.54 Å². The molecule has 0 aliphatic carbocycles. The Hall–Kier alpha value is -3.74. The molecule has 1 N–H and O–H groups in total. The summed E-state index contributed by atoms with van der Waals surface area (Å²) in [5.74, 6) is 0.638. The van der Waals surface area contributed by atoms with Crippen LogP contribution in [0.2, 0.25) is 0 Å². The summed E-state index contributed by atoms with van der Waals surface area (Å²) < 4.78 is 3.73. The maximum absolute atomic E-state index is 13.1. The Morgan fingerprint density at radius 1 is 1.06 bits per heavy atom. The number of nitrogens with one attached hydrogen (secondary N) is 1. The van der Waals surface area contributed by atoms with Gasteiger partial charge in [-0.2, -0.15) is 0 Å². The SMILES string of the molecule is CCCCc1cn(CC=C(C)C)c(=O)n1Cc1ccc(-c2ccccc2-c2nnn[nH]2)cc1. The minimum Gasteiger partial charge on any atom is -0.295 e. The number of imidazole rings is 1. The van der Waals surface area contributed by atoms with Gasteiger partial charge >= 0.3 is 5.69 Å². The van der Waals surface area contributed by atoms with Crippen LogP contribution in [0.1, 0.15) is 44.9 Å². The Labute approximate surface area is 193 Å². The minimum absolute atomic E-state index is 0.0471. The van der Waals surface area contributed by atoms with Crippen LogP contribution in [0.15, 0.2) is 71.2 Å². The van der Waals surface area contributed by atoms with Crippen molar-refractivity contribution in [2.45, 2.75) is 53.1 Å². The molecule has 0 radical (unpaired) electrons. The van der Waals surface area contributed by atoms with Crippen molar-refractivity contribution < 1.29 is 0 Å². The van der Waals surface area contributed by atoms with Gasteiger partial charge < -0.3 is 0 Å². The highest BCUT2D eigenvalue weighted by atomic mass is 16.1. The van der Waals surface area contributed by atoms with Gasteiger partial charge in [-0.25, -0.2) is 9.89 Å². The van der Waals surface area contributed by atoms with E-state index >= 15 is 0 Å². The van der Waals surface area contributed by atoms with Gasteiger partial charge in [-0.15, -0.1) is 5.10 Å². The molecule has 2 aromatic heterocycles. The molecule has 0 spiro atoms. The van der Waals surface area contributed by atoms with Crippen LogP contribution in [-0.4, -0.2) is 29.8 Å². The zero-order valence-corrected chi connectivity index (χ0v) is 19.5. The Balaban J connectivity index is 1.61. The molecular weight excluding hydrogens is 412 g/mol. The van der Waals surface area contributed by atoms with Crippen molar-refractivity contribution in [3.05, 3.63) is 88.1 Å². The molecule has 0 aliphatic rings. The highest BCUT2D eigenvalue weighted by molar-refractivity contribution is 5.80. The molecular formula is C26H30N6O. The molecule has 0 bridgehead atoms. The maximum Gasteiger partial charge on any atom is 0.328 e. The fourth-order valence-corrected chi connectivity index (χ4v) is 3.91. The van der Waals surface area contributed by atoms with Crippen LogP contribution >= 0.6 is 0 Å². The number of hydrogen-bond acceptors (Lipinski definition) is 4. The first kappa shape index (κ1) is 22.5. The summed E-state index contributed by atoms with van der Waals surface area (Å²) in [4.78, 5) is 13.1. The van der Waals surface area contributed by atoms with E-state index in [2.05, 4.69) is 77.8 Å². The number of H-pyrrole nitrogens is 1. The third-order valence-corrected chi connectivity index (χ3v) is 5.74. The molecule has 0 atom stereocenters. The number of aromatic nitrogens is 6. The summed E-state index contributed by atoms with van der Waals surface area (Å²) in [5, 5.41) is 14.3. The molecule has 7 heteroatoms. The second-order valence-electron chi connectivity index (χ2n) is 8.52. The van der Waals surface area contributed by atoms with Crippen LogP contribution in [0.25, 0.3) is 22.5 Å². The third-order valence-electron chi connectivity index (χ3n) is 5.74. The highest BCUT2D eigenvalue weighted by Crippen LogP contribution is 2.29. The Morgan fingerprint density at radius 3 is 2.48 bits per heavy atom. The van der Waals surface area contributed by atoms with Crippen LogP contribution in [0.4, 0.5) is 0 Å². The van der Waals surface area contributed by atoms with E-state index in [1.165, 1.54) is 5.57 Å². The zero-order chi connectivity index (χ0) is 23.2. The van der Waals surface area contributed by atoms with E-state index in [1.54, 1.807) is 0 Å². The number of allylic oxidation sites excluding steroid dienone is 2. The molecule has 2 heterocycles. The number of nitrogens with zero attached hydrogens (tertiary/aromatic N) is 5. The second kappa shape index (κ2) is 10.3. The van der Waals surface area contributed by atoms with Gasteiger partial charge in [0, 0.05) is 24.0 Å². The van der Waals surface area contributed by atoms with Crippen LogP contribution in [0, 0.1) is 0 Å². The average molecular weight is 443 g/mol. The average Bonchev–Trinajstić information content (AvgIpc) is 3.46. The molecule has 7 nitrogen and oxygen atoms in total. The molecule has 170 valence electrons. The molecule has 4 aromatic rings. The number of aryl methyl sites for hydroxylation is 1. The van der Waals surface area contributed by atoms with Gasteiger partial charge in [-0.3, -0.25) is 9.13 Å². The number of rotatable bonds is 9. The summed E-state index contributed by atoms with van der Waals surface area (Å²) in [5.41, 5.74) is 6.52. The van der Waals surface area contributed by atoms with Crippen LogP contribution in [0.3, 0.4) is 0 Å². The van der Waals surface area contributed by atoms with E-state index in [0.29, 0.717) is 18.9 Å². The lowest BCUT2D eigenvalue weighted by Crippen LogP contribution is -2.25. The minimum atomic E-state index is 0.0471. The predicted molar refractivity (Wildman–Crippen MR) is 131 cm³/mol. The van der Waals surface area contributed by atoms with E-state index in [0.717, 1.165) is 47.2 Å². The van der Waals surface area contributed by atoms with Gasteiger partial charge in [0.1, 0.15) is 0 Å². The first-order valence-corrected chi connectivity index (χ1v) is 11.4. The van der Waals surface area contributed by atoms with E-state index in [1.807, 2.05) is 33.5 Å². The van der Waals surface area contributed by atoms with Crippen molar-refractivity contribution >= 4 is 0 Å². The fraction of sp³-hybridized carbons (Fsp3) is 0.308. The lowest BCUT2D eigenvalue weighted by atomic mass is 9.98. The first-order chi connectivity index (χ1) is 16.1. The number of hydrogen-bond donors (Lipinski definition) is 1. The molecule has 0 saturated carbocycles. The monoisotopic (exact) mass is 442 g/mol. The molecule has 0 saturated heterocycles. The van der Waals surface area contributed by atoms with Gasteiger partial charge in [0.25, 0.3) is 0 Å². The topological polar surface area (TPSA) is 81.4 Å². The number of tetrazole rings is 1. The van der Waals surface area contributed by atoms with E-state index in [9.17, 15) is 4.79 Å². The van der Waals surface area contributed by atoms with Crippen molar-refractivity contribution in [1.82, 2.24) is 29.8 Å². The number of benzene rings is 2. The maximum atomic E-state index is 13.1. The lowest BCUT2D eigenvalue weighted by Gasteiger charge is -2.10. The molecule has 2 aromatic carbocycles. The zero-order valence-electron chi connectivity index (χ0n) is 19.5. The van der Waals surface area contributed by atoms with E-state index in [-0.39, 0.29) is 5.69 Å². The Bertz CT molecular complexity index is 1280. The van der Waals surface area contributed by atoms with E-state index in [4.69, 9.17) is 0 Å². The first-order valence-electron chi connectivity index (χ1n) is 11.4. The standard InChI is InChI=1S/C26H30N6O/c1-4-5-8-22-18-31(16-15-19(2)3)26(33)32(22)17-20-11-13-21(14-12-20)23-9-6-7-10-24(23)25-27-29-30-28-25/h6-7,9-15,18H,4-5,8,16-17H2,1-3H3,(H,27,28,29,30). The van der Waals surface area contributed by atoms with Crippen molar-refractivity contribution in [2.75, 3.05) is 0 Å². The molecule has 4 rings (SSSR count). The smallest absolute Gasteiger partial charge is 0.295 e. The highest BCUT2D eigenvalue weighted by Gasteiger charge is 2.13. The summed E-state index contributed by atoms with van der Waals surface area (Å²) in [6, 6.07) is 16.4. The molecule has 0 unspecified atom stereocenters. The van der Waals surface area contributed by atoms with Gasteiger partial charge in [0.15, 0.2) is 5.82 Å². The van der Waals surface area contributed by atoms with Crippen molar-refractivity contribution in [2.24, 2.45) is 0 Å². The quantitative estimate of drug-likeness (QED) is 0.376. The van der Waals surface area contributed by atoms with Crippen LogP contribution in [0.5, 0.6) is 0 Å². The van der Waals surface area contributed by atoms with Crippen LogP contribution < -0.4 is 5.69 Å². The summed E-state index contributed by atoms with van der Waals surface area (Å²) in [7, 11) is 0. The Morgan fingerprint density at radius 2 is 1.82 bits per heavy atom. The normalized spacial score (nSPS) is 11.0. The van der Waals surface area contributed by atoms with E-state index < -0.39 is 0 Å².